The van der Waals surface area contributed by atoms with Crippen molar-refractivity contribution in [1.29, 1.82) is 0 Å². The fraction of sp³-hybridized carbons (Fsp3) is 0.833. The molecule has 0 aromatic rings. The summed E-state index contributed by atoms with van der Waals surface area (Å²) in [5.74, 6) is 0.313. The molecule has 0 atom stereocenters. The van der Waals surface area contributed by atoms with Gasteiger partial charge in [-0.25, -0.2) is 4.79 Å². The molecule has 0 aromatic carbocycles. The second-order valence-electron chi connectivity index (χ2n) is 4.70. The summed E-state index contributed by atoms with van der Waals surface area (Å²) >= 11 is 0. The van der Waals surface area contributed by atoms with Gasteiger partial charge in [-0.05, 0) is 12.8 Å². The first-order chi connectivity index (χ1) is 7.86. The Kier molecular flexibility index (Phi) is 7.34. The average molecular weight is 243 g/mol. The minimum Gasteiger partial charge on any atom is -0.346 e. The highest BCUT2D eigenvalue weighted by Crippen LogP contribution is 2.08. The molecule has 0 aliphatic carbocycles. The maximum Gasteiger partial charge on any atom is 0.318 e. The van der Waals surface area contributed by atoms with E-state index in [1.165, 1.54) is 22.6 Å². The molecule has 1 aliphatic heterocycles. The lowest BCUT2D eigenvalue weighted by atomic mass is 10.2. The van der Waals surface area contributed by atoms with Crippen molar-refractivity contribution in [3.05, 3.63) is 0 Å². The summed E-state index contributed by atoms with van der Waals surface area (Å²) in [6, 6.07) is 0.0185. The van der Waals surface area contributed by atoms with Gasteiger partial charge in [-0.15, -0.1) is 0 Å². The third kappa shape index (κ3) is 6.81. The van der Waals surface area contributed by atoms with Crippen molar-refractivity contribution in [3.8, 4) is 0 Å². The Hall–Kier alpha value is -1.26. The first-order valence-corrected chi connectivity index (χ1v) is 5.98. The molecule has 1 fully saturated rings. The molecule has 1 saturated heterocycles. The van der Waals surface area contributed by atoms with E-state index in [2.05, 4.69) is 0 Å². The van der Waals surface area contributed by atoms with Crippen LogP contribution in [0.1, 0.15) is 25.7 Å². The largest absolute Gasteiger partial charge is 0.346 e. The number of nitrogens with zero attached hydrogens (tertiary/aromatic N) is 3. The van der Waals surface area contributed by atoms with Crippen LogP contribution in [-0.2, 0) is 4.79 Å². The van der Waals surface area contributed by atoms with E-state index in [1.807, 2.05) is 11.9 Å². The summed E-state index contributed by atoms with van der Waals surface area (Å²) in [7, 11) is 8.78. The first-order valence-electron chi connectivity index (χ1n) is 5.98. The number of carbonyl (C=O) groups excluding carboxylic acids is 2. The SMILES string of the molecule is CN(C)C(=O)N(C)C.CN1CCCCCC1=O. The minimum atomic E-state index is 0.0185. The van der Waals surface area contributed by atoms with Crippen LogP contribution in [0.2, 0.25) is 0 Å². The zero-order valence-electron chi connectivity index (χ0n) is 11.7. The third-order valence-corrected chi connectivity index (χ3v) is 2.58. The molecule has 1 heterocycles. The normalized spacial score (nSPS) is 15.6. The van der Waals surface area contributed by atoms with Crippen molar-refractivity contribution >= 4 is 11.9 Å². The Bertz CT molecular complexity index is 242. The Morgan fingerprint density at radius 1 is 1.06 bits per heavy atom. The van der Waals surface area contributed by atoms with Gasteiger partial charge in [0.15, 0.2) is 0 Å². The van der Waals surface area contributed by atoms with Gasteiger partial charge < -0.3 is 14.7 Å². The standard InChI is InChI=1S/C7H13NO.C5H12N2O/c1-8-6-4-2-3-5-7(8)9;1-6(2)5(8)7(3)4/h2-6H2,1H3;1-4H3. The molecule has 0 unspecified atom stereocenters. The van der Waals surface area contributed by atoms with Gasteiger partial charge in [0.2, 0.25) is 5.91 Å². The Balaban J connectivity index is 0.000000304. The highest BCUT2D eigenvalue weighted by molar-refractivity contribution is 5.76. The fourth-order valence-electron chi connectivity index (χ4n) is 1.52. The summed E-state index contributed by atoms with van der Waals surface area (Å²) in [4.78, 5) is 26.5. The van der Waals surface area contributed by atoms with E-state index in [0.29, 0.717) is 5.91 Å². The van der Waals surface area contributed by atoms with Gasteiger partial charge in [-0.2, -0.15) is 0 Å². The van der Waals surface area contributed by atoms with Crippen LogP contribution >= 0.6 is 0 Å². The number of rotatable bonds is 0. The molecule has 17 heavy (non-hydrogen) atoms. The van der Waals surface area contributed by atoms with Gasteiger partial charge >= 0.3 is 6.03 Å². The molecule has 1 aliphatic rings. The average Bonchev–Trinajstić information content (AvgIpc) is 2.44. The Labute approximate surface area is 104 Å². The van der Waals surface area contributed by atoms with Gasteiger partial charge in [-0.1, -0.05) is 6.42 Å². The molecular weight excluding hydrogens is 218 g/mol. The quantitative estimate of drug-likeness (QED) is 0.642. The number of likely N-dealkylation sites (tertiary alicyclic amines) is 1. The second kappa shape index (κ2) is 7.92. The molecule has 0 radical (unpaired) electrons. The van der Waals surface area contributed by atoms with Gasteiger partial charge in [0.25, 0.3) is 0 Å². The van der Waals surface area contributed by atoms with Crippen molar-refractivity contribution in [2.24, 2.45) is 0 Å². The summed E-state index contributed by atoms with van der Waals surface area (Å²) in [5.41, 5.74) is 0. The molecule has 0 spiro atoms. The molecule has 5 heteroatoms. The van der Waals surface area contributed by atoms with E-state index in [4.69, 9.17) is 0 Å². The van der Waals surface area contributed by atoms with E-state index in [9.17, 15) is 9.59 Å². The van der Waals surface area contributed by atoms with E-state index >= 15 is 0 Å². The lowest BCUT2D eigenvalue weighted by molar-refractivity contribution is -0.129. The van der Waals surface area contributed by atoms with Crippen LogP contribution in [0.25, 0.3) is 0 Å². The molecule has 0 N–H and O–H groups in total. The van der Waals surface area contributed by atoms with Crippen LogP contribution < -0.4 is 0 Å². The van der Waals surface area contributed by atoms with Gasteiger partial charge in [-0.3, -0.25) is 4.79 Å². The van der Waals surface area contributed by atoms with E-state index in [1.54, 1.807) is 28.2 Å². The van der Waals surface area contributed by atoms with E-state index in [0.717, 1.165) is 19.4 Å². The van der Waals surface area contributed by atoms with Gasteiger partial charge in [0.05, 0.1) is 0 Å². The summed E-state index contributed by atoms with van der Waals surface area (Å²) in [6.07, 6.45) is 4.25. The van der Waals surface area contributed by atoms with Crippen LogP contribution in [0, 0.1) is 0 Å². The van der Waals surface area contributed by atoms with Crippen molar-refractivity contribution in [3.63, 3.8) is 0 Å². The van der Waals surface area contributed by atoms with Gasteiger partial charge in [0, 0.05) is 48.2 Å². The summed E-state index contributed by atoms with van der Waals surface area (Å²) in [6.45, 7) is 0.957. The first kappa shape index (κ1) is 15.7. The molecule has 100 valence electrons. The topological polar surface area (TPSA) is 43.9 Å². The lowest BCUT2D eigenvalue weighted by Crippen LogP contribution is -2.33. The molecule has 0 saturated carbocycles. The van der Waals surface area contributed by atoms with Gasteiger partial charge in [0.1, 0.15) is 0 Å². The molecule has 3 amide bonds. The second-order valence-corrected chi connectivity index (χ2v) is 4.70. The summed E-state index contributed by atoms with van der Waals surface area (Å²) in [5, 5.41) is 0. The van der Waals surface area contributed by atoms with Crippen molar-refractivity contribution in [1.82, 2.24) is 14.7 Å². The minimum absolute atomic E-state index is 0.0185. The lowest BCUT2D eigenvalue weighted by Gasteiger charge is -2.16. The van der Waals surface area contributed by atoms with Crippen molar-refractivity contribution in [2.45, 2.75) is 25.7 Å². The number of carbonyl (C=O) groups is 2. The van der Waals surface area contributed by atoms with Crippen LogP contribution in [0.4, 0.5) is 4.79 Å². The zero-order valence-corrected chi connectivity index (χ0v) is 11.7. The van der Waals surface area contributed by atoms with Crippen molar-refractivity contribution < 1.29 is 9.59 Å². The van der Waals surface area contributed by atoms with Crippen LogP contribution in [0.5, 0.6) is 0 Å². The monoisotopic (exact) mass is 243 g/mol. The van der Waals surface area contributed by atoms with Crippen LogP contribution in [0.3, 0.4) is 0 Å². The van der Waals surface area contributed by atoms with E-state index < -0.39 is 0 Å². The Morgan fingerprint density at radius 2 is 1.59 bits per heavy atom. The highest BCUT2D eigenvalue weighted by Gasteiger charge is 2.10. The van der Waals surface area contributed by atoms with Crippen LogP contribution in [0.15, 0.2) is 0 Å². The number of urea groups is 1. The van der Waals surface area contributed by atoms with E-state index in [-0.39, 0.29) is 6.03 Å². The van der Waals surface area contributed by atoms with Crippen molar-refractivity contribution in [2.75, 3.05) is 41.8 Å². The highest BCUT2D eigenvalue weighted by atomic mass is 16.2. The molecule has 5 nitrogen and oxygen atoms in total. The maximum absolute atomic E-state index is 10.9. The predicted molar refractivity (Wildman–Crippen MR) is 68.9 cm³/mol. The number of hydrogen-bond acceptors (Lipinski definition) is 2. The molecule has 0 aromatic heterocycles. The molecular formula is C12H25N3O2. The molecule has 0 bridgehead atoms. The third-order valence-electron chi connectivity index (χ3n) is 2.58. The van der Waals surface area contributed by atoms with Crippen LogP contribution in [-0.4, -0.2) is 68.4 Å². The maximum atomic E-state index is 10.9. The fourth-order valence-corrected chi connectivity index (χ4v) is 1.52. The summed E-state index contributed by atoms with van der Waals surface area (Å²) < 4.78 is 0. The predicted octanol–water partition coefficient (Wildman–Crippen LogP) is 1.25. The number of hydrogen-bond donors (Lipinski definition) is 0. The number of amides is 3. The Morgan fingerprint density at radius 3 is 2.00 bits per heavy atom. The molecule has 1 rings (SSSR count). The smallest absolute Gasteiger partial charge is 0.318 e. The zero-order chi connectivity index (χ0) is 13.4.